The normalized spacial score (nSPS) is 16.6. The van der Waals surface area contributed by atoms with Gasteiger partial charge in [0.25, 0.3) is 0 Å². The number of nitrogens with one attached hydrogen (secondary N) is 1. The van der Waals surface area contributed by atoms with Crippen LogP contribution in [0.5, 0.6) is 0 Å². The first-order valence-corrected chi connectivity index (χ1v) is 6.46. The third kappa shape index (κ3) is 1.45. The van der Waals surface area contributed by atoms with Crippen LogP contribution in [0.4, 0.5) is 4.39 Å². The molecule has 0 bridgehead atoms. The van der Waals surface area contributed by atoms with Crippen molar-refractivity contribution in [2.75, 3.05) is 0 Å². The first-order valence-electron chi connectivity index (χ1n) is 5.26. The van der Waals surface area contributed by atoms with E-state index in [1.807, 2.05) is 0 Å². The molecule has 0 radical (unpaired) electrons. The fraction of sp³-hybridized carbons (Fsp3) is 0.364. The summed E-state index contributed by atoms with van der Waals surface area (Å²) < 4.78 is 16.7. The SMILES string of the molecule is Fc1cc2[nH]c(=S)n(C3CCC3)c2cc1Br. The largest absolute Gasteiger partial charge is 0.330 e. The van der Waals surface area contributed by atoms with E-state index in [0.717, 1.165) is 23.9 Å². The maximum Gasteiger partial charge on any atom is 0.178 e. The van der Waals surface area contributed by atoms with Crippen LogP contribution in [0.2, 0.25) is 0 Å². The van der Waals surface area contributed by atoms with Gasteiger partial charge in [-0.05, 0) is 53.5 Å². The molecule has 1 N–H and O–H groups in total. The molecule has 1 aliphatic carbocycles. The first-order chi connectivity index (χ1) is 7.66. The smallest absolute Gasteiger partial charge is 0.178 e. The van der Waals surface area contributed by atoms with Crippen molar-refractivity contribution in [2.24, 2.45) is 0 Å². The highest BCUT2D eigenvalue weighted by molar-refractivity contribution is 9.10. The lowest BCUT2D eigenvalue weighted by molar-refractivity contribution is 0.318. The fourth-order valence-corrected chi connectivity index (χ4v) is 2.82. The number of aromatic nitrogens is 2. The predicted octanol–water partition coefficient (Wildman–Crippen LogP) is 4.33. The highest BCUT2D eigenvalue weighted by atomic mass is 79.9. The van der Waals surface area contributed by atoms with Crippen LogP contribution in [-0.2, 0) is 0 Å². The van der Waals surface area contributed by atoms with Crippen molar-refractivity contribution in [1.82, 2.24) is 9.55 Å². The topological polar surface area (TPSA) is 20.7 Å². The molecule has 2 nitrogen and oxygen atoms in total. The van der Waals surface area contributed by atoms with Gasteiger partial charge in [-0.1, -0.05) is 0 Å². The quantitative estimate of drug-likeness (QED) is 0.778. The summed E-state index contributed by atoms with van der Waals surface area (Å²) in [5, 5.41) is 0. The molecular formula is C11H10BrFN2S. The lowest BCUT2D eigenvalue weighted by Crippen LogP contribution is -2.16. The first kappa shape index (κ1) is 10.5. The van der Waals surface area contributed by atoms with Gasteiger partial charge < -0.3 is 9.55 Å². The average Bonchev–Trinajstić information content (AvgIpc) is 2.43. The molecule has 5 heteroatoms. The number of hydrogen-bond donors (Lipinski definition) is 1. The van der Waals surface area contributed by atoms with Crippen LogP contribution >= 0.6 is 28.1 Å². The molecule has 1 heterocycles. The molecule has 1 aromatic heterocycles. The van der Waals surface area contributed by atoms with Gasteiger partial charge in [0.2, 0.25) is 0 Å². The van der Waals surface area contributed by atoms with Gasteiger partial charge in [-0.25, -0.2) is 4.39 Å². The number of nitrogens with zero attached hydrogens (tertiary/aromatic N) is 1. The zero-order chi connectivity index (χ0) is 11.3. The van der Waals surface area contributed by atoms with Gasteiger partial charge >= 0.3 is 0 Å². The molecule has 16 heavy (non-hydrogen) atoms. The fourth-order valence-electron chi connectivity index (χ4n) is 2.13. The standard InChI is InChI=1S/C11H10BrFN2S/c12-7-4-10-9(5-8(7)13)14-11(16)15(10)6-2-1-3-6/h4-6H,1-3H2,(H,14,16). The van der Waals surface area contributed by atoms with Gasteiger partial charge in [0.15, 0.2) is 4.77 Å². The molecule has 3 rings (SSSR count). The highest BCUT2D eigenvalue weighted by Gasteiger charge is 2.22. The number of benzene rings is 1. The van der Waals surface area contributed by atoms with Crippen molar-refractivity contribution in [3.63, 3.8) is 0 Å². The minimum Gasteiger partial charge on any atom is -0.330 e. The maximum atomic E-state index is 13.4. The van der Waals surface area contributed by atoms with Crippen LogP contribution in [0.25, 0.3) is 11.0 Å². The molecule has 0 aliphatic heterocycles. The molecule has 2 aromatic rings. The molecule has 1 aromatic carbocycles. The zero-order valence-corrected chi connectivity index (χ0v) is 10.9. The van der Waals surface area contributed by atoms with Crippen LogP contribution in [0.3, 0.4) is 0 Å². The van der Waals surface area contributed by atoms with Gasteiger partial charge in [0.1, 0.15) is 5.82 Å². The van der Waals surface area contributed by atoms with Gasteiger partial charge in [0.05, 0.1) is 15.5 Å². The summed E-state index contributed by atoms with van der Waals surface area (Å²) in [5.74, 6) is -0.260. The molecule has 1 saturated carbocycles. The summed E-state index contributed by atoms with van der Waals surface area (Å²) in [6.07, 6.45) is 3.58. The van der Waals surface area contributed by atoms with E-state index in [0.29, 0.717) is 15.3 Å². The van der Waals surface area contributed by atoms with Crippen molar-refractivity contribution in [3.05, 3.63) is 27.2 Å². The Balaban J connectivity index is 2.30. The highest BCUT2D eigenvalue weighted by Crippen LogP contribution is 2.35. The molecule has 0 atom stereocenters. The molecule has 84 valence electrons. The van der Waals surface area contributed by atoms with E-state index >= 15 is 0 Å². The van der Waals surface area contributed by atoms with E-state index < -0.39 is 0 Å². The molecule has 0 unspecified atom stereocenters. The lowest BCUT2D eigenvalue weighted by atomic mass is 9.93. The zero-order valence-electron chi connectivity index (χ0n) is 8.46. The number of H-pyrrole nitrogens is 1. The number of halogens is 2. The van der Waals surface area contributed by atoms with Crippen LogP contribution in [-0.4, -0.2) is 9.55 Å². The maximum absolute atomic E-state index is 13.4. The van der Waals surface area contributed by atoms with Gasteiger partial charge in [-0.15, -0.1) is 0 Å². The second-order valence-corrected chi connectivity index (χ2v) is 5.41. The van der Waals surface area contributed by atoms with Crippen molar-refractivity contribution < 1.29 is 4.39 Å². The Morgan fingerprint density at radius 2 is 2.19 bits per heavy atom. The van der Waals surface area contributed by atoms with Crippen LogP contribution in [0, 0.1) is 10.6 Å². The minimum absolute atomic E-state index is 0.260. The second kappa shape index (κ2) is 3.67. The van der Waals surface area contributed by atoms with E-state index in [1.165, 1.54) is 12.5 Å². The Morgan fingerprint density at radius 3 is 2.81 bits per heavy atom. The van der Waals surface area contributed by atoms with E-state index in [9.17, 15) is 4.39 Å². The molecule has 1 fully saturated rings. The Labute approximate surface area is 106 Å². The monoisotopic (exact) mass is 300 g/mol. The Bertz CT molecular complexity index is 612. The number of fused-ring (bicyclic) bond motifs is 1. The van der Waals surface area contributed by atoms with Gasteiger partial charge in [0, 0.05) is 12.1 Å². The van der Waals surface area contributed by atoms with Crippen LogP contribution in [0.15, 0.2) is 16.6 Å². The predicted molar refractivity (Wildman–Crippen MR) is 67.7 cm³/mol. The summed E-state index contributed by atoms with van der Waals surface area (Å²) in [7, 11) is 0. The Morgan fingerprint density at radius 1 is 1.44 bits per heavy atom. The molecule has 1 aliphatic rings. The third-order valence-corrected chi connectivity index (χ3v) is 4.10. The number of hydrogen-bond acceptors (Lipinski definition) is 1. The Hall–Kier alpha value is -0.680. The number of imidazole rings is 1. The minimum atomic E-state index is -0.260. The van der Waals surface area contributed by atoms with E-state index in [1.54, 1.807) is 6.07 Å². The molecule has 0 amide bonds. The number of aromatic amines is 1. The number of rotatable bonds is 1. The summed E-state index contributed by atoms with van der Waals surface area (Å²) in [5.41, 5.74) is 1.76. The van der Waals surface area contributed by atoms with Crippen molar-refractivity contribution in [1.29, 1.82) is 0 Å². The van der Waals surface area contributed by atoms with E-state index in [4.69, 9.17) is 12.2 Å². The van der Waals surface area contributed by atoms with E-state index in [2.05, 4.69) is 25.5 Å². The molecule has 0 saturated heterocycles. The van der Waals surface area contributed by atoms with E-state index in [-0.39, 0.29) is 5.82 Å². The summed E-state index contributed by atoms with van der Waals surface area (Å²) in [6, 6.07) is 3.78. The van der Waals surface area contributed by atoms with Crippen molar-refractivity contribution in [3.8, 4) is 0 Å². The summed E-state index contributed by atoms with van der Waals surface area (Å²) in [4.78, 5) is 3.06. The van der Waals surface area contributed by atoms with Gasteiger partial charge in [-0.3, -0.25) is 0 Å². The average molecular weight is 301 g/mol. The summed E-state index contributed by atoms with van der Waals surface area (Å²) >= 11 is 8.50. The lowest BCUT2D eigenvalue weighted by Gasteiger charge is -2.27. The van der Waals surface area contributed by atoms with Gasteiger partial charge in [-0.2, -0.15) is 0 Å². The summed E-state index contributed by atoms with van der Waals surface area (Å²) in [6.45, 7) is 0. The second-order valence-electron chi connectivity index (χ2n) is 4.17. The molecular weight excluding hydrogens is 291 g/mol. The third-order valence-electron chi connectivity index (χ3n) is 3.20. The van der Waals surface area contributed by atoms with Crippen molar-refractivity contribution in [2.45, 2.75) is 25.3 Å². The van der Waals surface area contributed by atoms with Crippen LogP contribution in [0.1, 0.15) is 25.3 Å². The molecule has 0 spiro atoms. The van der Waals surface area contributed by atoms with Crippen LogP contribution < -0.4 is 0 Å². The Kier molecular flexibility index (Phi) is 2.40. The van der Waals surface area contributed by atoms with Crippen molar-refractivity contribution >= 4 is 39.2 Å².